The third-order valence-corrected chi connectivity index (χ3v) is 2.85. The summed E-state index contributed by atoms with van der Waals surface area (Å²) in [6, 6.07) is 3.98. The highest BCUT2D eigenvalue weighted by Gasteiger charge is 2.06. The molecule has 0 radical (unpaired) electrons. The summed E-state index contributed by atoms with van der Waals surface area (Å²) in [5, 5.41) is 0. The van der Waals surface area contributed by atoms with Gasteiger partial charge in [-0.05, 0) is 45.1 Å². The fraction of sp³-hybridized carbons (Fsp3) is 0.500. The minimum atomic E-state index is 0.240. The van der Waals surface area contributed by atoms with E-state index in [2.05, 4.69) is 9.97 Å². The van der Waals surface area contributed by atoms with E-state index in [0.29, 0.717) is 11.4 Å². The zero-order valence-corrected chi connectivity index (χ0v) is 11.2. The Morgan fingerprint density at radius 3 is 2.94 bits per heavy atom. The quantitative estimate of drug-likeness (QED) is 0.850. The Bertz CT molecular complexity index is 571. The predicted octanol–water partition coefficient (Wildman–Crippen LogP) is 2.83. The highest BCUT2D eigenvalue weighted by atomic mass is 32.1. The van der Waals surface area contributed by atoms with Gasteiger partial charge in [0.25, 0.3) is 0 Å². The van der Waals surface area contributed by atoms with Gasteiger partial charge < -0.3 is 9.72 Å². The maximum Gasteiger partial charge on any atom is 0.179 e. The van der Waals surface area contributed by atoms with Crippen LogP contribution in [-0.4, -0.2) is 27.2 Å². The zero-order chi connectivity index (χ0) is 12.4. The fourth-order valence-corrected chi connectivity index (χ4v) is 2.00. The van der Waals surface area contributed by atoms with Crippen molar-refractivity contribution in [2.75, 3.05) is 6.61 Å². The lowest BCUT2D eigenvalue weighted by Crippen LogP contribution is -2.11. The number of ether oxygens (including phenoxy) is 1. The number of hydrogen-bond donors (Lipinski definition) is 1. The monoisotopic (exact) mass is 251 g/mol. The summed E-state index contributed by atoms with van der Waals surface area (Å²) in [5.74, 6) is 0. The summed E-state index contributed by atoms with van der Waals surface area (Å²) in [7, 11) is 0. The van der Waals surface area contributed by atoms with Gasteiger partial charge in [0.05, 0.1) is 24.8 Å². The molecule has 2 aromatic rings. The Morgan fingerprint density at radius 2 is 2.24 bits per heavy atom. The highest BCUT2D eigenvalue weighted by molar-refractivity contribution is 7.71. The van der Waals surface area contributed by atoms with Crippen LogP contribution in [0.25, 0.3) is 11.2 Å². The molecule has 2 aromatic heterocycles. The highest BCUT2D eigenvalue weighted by Crippen LogP contribution is 2.12. The van der Waals surface area contributed by atoms with Crippen molar-refractivity contribution in [3.05, 3.63) is 22.6 Å². The molecule has 0 spiro atoms. The SMILES string of the molecule is Cc1ccc2[nH]c(=S)n(CCOC(C)C)c2n1. The summed E-state index contributed by atoms with van der Waals surface area (Å²) >= 11 is 5.29. The van der Waals surface area contributed by atoms with Gasteiger partial charge in [-0.1, -0.05) is 0 Å². The van der Waals surface area contributed by atoms with E-state index in [1.54, 1.807) is 0 Å². The molecule has 0 aromatic carbocycles. The Labute approximate surface area is 106 Å². The molecule has 2 rings (SSSR count). The molecule has 0 saturated heterocycles. The maximum atomic E-state index is 5.54. The third kappa shape index (κ3) is 2.73. The molecule has 92 valence electrons. The van der Waals surface area contributed by atoms with Crippen molar-refractivity contribution < 1.29 is 4.74 Å². The van der Waals surface area contributed by atoms with Crippen LogP contribution in [0.1, 0.15) is 19.5 Å². The Morgan fingerprint density at radius 1 is 1.47 bits per heavy atom. The molecule has 0 atom stereocenters. The van der Waals surface area contributed by atoms with Gasteiger partial charge in [0.2, 0.25) is 0 Å². The number of nitrogens with zero attached hydrogens (tertiary/aromatic N) is 2. The van der Waals surface area contributed by atoms with Crippen molar-refractivity contribution in [1.82, 2.24) is 14.5 Å². The van der Waals surface area contributed by atoms with Crippen LogP contribution in [0.2, 0.25) is 0 Å². The second-order valence-corrected chi connectivity index (χ2v) is 4.71. The predicted molar refractivity (Wildman–Crippen MR) is 70.7 cm³/mol. The van der Waals surface area contributed by atoms with Crippen molar-refractivity contribution >= 4 is 23.4 Å². The van der Waals surface area contributed by atoms with E-state index in [1.165, 1.54) is 0 Å². The molecule has 0 unspecified atom stereocenters. The van der Waals surface area contributed by atoms with Gasteiger partial charge in [0.1, 0.15) is 0 Å². The van der Waals surface area contributed by atoms with Gasteiger partial charge in [-0.15, -0.1) is 0 Å². The van der Waals surface area contributed by atoms with Crippen LogP contribution < -0.4 is 0 Å². The number of fused-ring (bicyclic) bond motifs is 1. The van der Waals surface area contributed by atoms with Crippen LogP contribution in [0, 0.1) is 11.7 Å². The molecule has 4 nitrogen and oxygen atoms in total. The Balaban J connectivity index is 2.29. The van der Waals surface area contributed by atoms with Crippen LogP contribution in [0.4, 0.5) is 0 Å². The number of hydrogen-bond acceptors (Lipinski definition) is 3. The van der Waals surface area contributed by atoms with E-state index < -0.39 is 0 Å². The van der Waals surface area contributed by atoms with Crippen LogP contribution >= 0.6 is 12.2 Å². The first kappa shape index (κ1) is 12.3. The molecule has 0 saturated carbocycles. The first-order chi connectivity index (χ1) is 8.08. The molecular weight excluding hydrogens is 234 g/mol. The van der Waals surface area contributed by atoms with Gasteiger partial charge in [0.15, 0.2) is 10.4 Å². The van der Waals surface area contributed by atoms with Gasteiger partial charge in [-0.25, -0.2) is 4.98 Å². The first-order valence-electron chi connectivity index (χ1n) is 5.75. The lowest BCUT2D eigenvalue weighted by atomic mass is 10.3. The Hall–Kier alpha value is -1.20. The van der Waals surface area contributed by atoms with Gasteiger partial charge >= 0.3 is 0 Å². The summed E-state index contributed by atoms with van der Waals surface area (Å²) in [6.07, 6.45) is 0.240. The average molecular weight is 251 g/mol. The number of H-pyrrole nitrogens is 1. The molecule has 0 aliphatic carbocycles. The lowest BCUT2D eigenvalue weighted by Gasteiger charge is -2.08. The first-order valence-corrected chi connectivity index (χ1v) is 6.16. The average Bonchev–Trinajstić information content (AvgIpc) is 2.55. The van der Waals surface area contributed by atoms with Crippen LogP contribution in [0.15, 0.2) is 12.1 Å². The molecule has 0 bridgehead atoms. The van der Waals surface area contributed by atoms with E-state index in [1.807, 2.05) is 37.5 Å². The minimum absolute atomic E-state index is 0.240. The summed E-state index contributed by atoms with van der Waals surface area (Å²) in [5.41, 5.74) is 2.87. The van der Waals surface area contributed by atoms with Gasteiger partial charge in [0, 0.05) is 5.69 Å². The minimum Gasteiger partial charge on any atom is -0.377 e. The number of pyridine rings is 1. The van der Waals surface area contributed by atoms with E-state index in [9.17, 15) is 0 Å². The third-order valence-electron chi connectivity index (χ3n) is 2.52. The second-order valence-electron chi connectivity index (χ2n) is 4.33. The molecule has 0 amide bonds. The number of aryl methyl sites for hydroxylation is 1. The van der Waals surface area contributed by atoms with Gasteiger partial charge in [-0.2, -0.15) is 0 Å². The number of aromatic nitrogens is 3. The molecule has 5 heteroatoms. The van der Waals surface area contributed by atoms with E-state index in [4.69, 9.17) is 17.0 Å². The van der Waals surface area contributed by atoms with Crippen molar-refractivity contribution in [3.63, 3.8) is 0 Å². The fourth-order valence-electron chi connectivity index (χ4n) is 1.71. The zero-order valence-electron chi connectivity index (χ0n) is 10.4. The van der Waals surface area contributed by atoms with Crippen LogP contribution in [-0.2, 0) is 11.3 Å². The molecule has 1 N–H and O–H groups in total. The normalized spacial score (nSPS) is 11.5. The lowest BCUT2D eigenvalue weighted by molar-refractivity contribution is 0.0730. The number of aromatic amines is 1. The van der Waals surface area contributed by atoms with Crippen molar-refractivity contribution in [2.24, 2.45) is 0 Å². The Kier molecular flexibility index (Phi) is 3.59. The van der Waals surface area contributed by atoms with E-state index >= 15 is 0 Å². The molecule has 2 heterocycles. The van der Waals surface area contributed by atoms with Crippen molar-refractivity contribution in [3.8, 4) is 0 Å². The number of imidazole rings is 1. The molecule has 17 heavy (non-hydrogen) atoms. The molecule has 0 fully saturated rings. The molecule has 0 aliphatic heterocycles. The topological polar surface area (TPSA) is 42.8 Å². The van der Waals surface area contributed by atoms with E-state index in [-0.39, 0.29) is 6.10 Å². The molecular formula is C12H17N3OS. The molecule has 0 aliphatic rings. The van der Waals surface area contributed by atoms with E-state index in [0.717, 1.165) is 23.4 Å². The number of rotatable bonds is 4. The summed E-state index contributed by atoms with van der Waals surface area (Å²) < 4.78 is 8.23. The smallest absolute Gasteiger partial charge is 0.179 e. The van der Waals surface area contributed by atoms with Crippen molar-refractivity contribution in [1.29, 1.82) is 0 Å². The summed E-state index contributed by atoms with van der Waals surface area (Å²) in [4.78, 5) is 7.66. The van der Waals surface area contributed by atoms with Gasteiger partial charge in [-0.3, -0.25) is 4.57 Å². The summed E-state index contributed by atoms with van der Waals surface area (Å²) in [6.45, 7) is 7.40. The second kappa shape index (κ2) is 4.98. The van der Waals surface area contributed by atoms with Crippen molar-refractivity contribution in [2.45, 2.75) is 33.4 Å². The van der Waals surface area contributed by atoms with Crippen LogP contribution in [0.3, 0.4) is 0 Å². The largest absolute Gasteiger partial charge is 0.377 e. The number of nitrogens with one attached hydrogen (secondary N) is 1. The standard InChI is InChI=1S/C12H17N3OS/c1-8(2)16-7-6-15-11-10(14-12(15)17)5-4-9(3)13-11/h4-5,8H,6-7H2,1-3H3,(H,14,17). The van der Waals surface area contributed by atoms with Crippen LogP contribution in [0.5, 0.6) is 0 Å². The maximum absolute atomic E-state index is 5.54.